The van der Waals surface area contributed by atoms with Crippen LogP contribution < -0.4 is 15.1 Å². The number of anilines is 3. The molecule has 13 heteroatoms. The predicted octanol–water partition coefficient (Wildman–Crippen LogP) is 3.27. The fourth-order valence-electron chi connectivity index (χ4n) is 6.07. The molecule has 224 valence electrons. The maximum absolute atomic E-state index is 13.0. The summed E-state index contributed by atoms with van der Waals surface area (Å²) < 4.78 is 7.69. The molecule has 3 aromatic heterocycles. The number of hydrogen-bond donors (Lipinski definition) is 1. The third-order valence-electron chi connectivity index (χ3n) is 8.93. The van der Waals surface area contributed by atoms with Crippen molar-refractivity contribution < 1.29 is 23.9 Å². The van der Waals surface area contributed by atoms with Crippen LogP contribution in [0.4, 0.5) is 22.1 Å². The van der Waals surface area contributed by atoms with Crippen molar-refractivity contribution in [1.29, 1.82) is 0 Å². The zero-order chi connectivity index (χ0) is 30.0. The summed E-state index contributed by atoms with van der Waals surface area (Å²) in [7, 11) is 1.49. The number of pyridine rings is 1. The first-order chi connectivity index (χ1) is 20.7. The second-order valence-corrected chi connectivity index (χ2v) is 12.1. The zero-order valence-electron chi connectivity index (χ0n) is 24.4. The molecule has 2 saturated carbocycles. The molecular formula is C30H34N8O5. The molecule has 0 unspecified atom stereocenters. The summed E-state index contributed by atoms with van der Waals surface area (Å²) in [5.74, 6) is 1.17. The third kappa shape index (κ3) is 5.06. The molecule has 4 amide bonds. The Morgan fingerprint density at radius 3 is 2.58 bits per heavy atom. The Balaban J connectivity index is 1.25. The van der Waals surface area contributed by atoms with E-state index in [0.29, 0.717) is 53.5 Å². The fraction of sp³-hybridized carbons (Fsp3) is 0.500. The molecule has 3 aromatic rings. The van der Waals surface area contributed by atoms with Crippen LogP contribution in [0.3, 0.4) is 0 Å². The first-order valence-electron chi connectivity index (χ1n) is 14.9. The standard InChI is InChI=1S/C30H34N8O5/c1-4-27(40)43-19-9-22(37(12-19)25-10-24(31-15-32-25)34-29(41)20-7-16(20)2)21-13-36-11-18(17-5-6-17)8-23(28(36)33-21)38-14-26(39)35(3)30(38)42/h8,10-11,13,15-17,19-20,22H,4-7,9,12,14H2,1-3H3,(H,31,32,34,41)/t16-,19-,20-,22+/m0/s1. The summed E-state index contributed by atoms with van der Waals surface area (Å²) in [5.41, 5.74) is 2.98. The van der Waals surface area contributed by atoms with Crippen LogP contribution in [0.5, 0.6) is 0 Å². The third-order valence-corrected chi connectivity index (χ3v) is 8.93. The lowest BCUT2D eigenvalue weighted by Crippen LogP contribution is -2.30. The quantitative estimate of drug-likeness (QED) is 0.311. The Hall–Kier alpha value is -4.55. The number of imidazole rings is 1. The highest BCUT2D eigenvalue weighted by Gasteiger charge is 2.41. The topological polar surface area (TPSA) is 142 Å². The molecule has 4 atom stereocenters. The van der Waals surface area contributed by atoms with E-state index in [1.807, 2.05) is 34.7 Å². The van der Waals surface area contributed by atoms with Crippen LogP contribution in [-0.2, 0) is 19.1 Å². The average molecular weight is 587 g/mol. The SMILES string of the molecule is CCC(=O)O[C@H]1C[C@H](c2cn3cc(C4CC4)cc(N4CC(=O)N(C)C4=O)c3n2)N(c2cc(NC(=O)[C@H]3C[C@@H]3C)ncn2)C1. The van der Waals surface area contributed by atoms with Crippen LogP contribution in [0.2, 0.25) is 0 Å². The summed E-state index contributed by atoms with van der Waals surface area (Å²) >= 11 is 0. The molecule has 1 N–H and O–H groups in total. The van der Waals surface area contributed by atoms with Gasteiger partial charge in [-0.3, -0.25) is 24.2 Å². The largest absolute Gasteiger partial charge is 0.460 e. The molecule has 4 fully saturated rings. The van der Waals surface area contributed by atoms with Gasteiger partial charge in [0.2, 0.25) is 11.8 Å². The van der Waals surface area contributed by atoms with Crippen LogP contribution in [0.25, 0.3) is 5.65 Å². The van der Waals surface area contributed by atoms with Crippen molar-refractivity contribution in [3.05, 3.63) is 42.1 Å². The van der Waals surface area contributed by atoms with Gasteiger partial charge < -0.3 is 19.4 Å². The van der Waals surface area contributed by atoms with Gasteiger partial charge >= 0.3 is 12.0 Å². The number of urea groups is 1. The first-order valence-corrected chi connectivity index (χ1v) is 14.9. The number of carbonyl (C=O) groups excluding carboxylic acids is 4. The number of likely N-dealkylation sites (N-methyl/N-ethyl adjacent to an activating group) is 1. The molecule has 43 heavy (non-hydrogen) atoms. The number of nitrogens with zero attached hydrogens (tertiary/aromatic N) is 7. The molecule has 2 aliphatic heterocycles. The van der Waals surface area contributed by atoms with Gasteiger partial charge in [-0.2, -0.15) is 0 Å². The van der Waals surface area contributed by atoms with Crippen molar-refractivity contribution >= 4 is 46.8 Å². The van der Waals surface area contributed by atoms with Crippen molar-refractivity contribution in [2.75, 3.05) is 35.3 Å². The summed E-state index contributed by atoms with van der Waals surface area (Å²) in [6.07, 6.45) is 8.78. The van der Waals surface area contributed by atoms with Crippen molar-refractivity contribution in [3.63, 3.8) is 0 Å². The summed E-state index contributed by atoms with van der Waals surface area (Å²) in [4.78, 5) is 68.6. The number of esters is 1. The van der Waals surface area contributed by atoms with E-state index in [0.717, 1.165) is 29.7 Å². The average Bonchev–Trinajstić information content (AvgIpc) is 3.87. The maximum Gasteiger partial charge on any atom is 0.331 e. The summed E-state index contributed by atoms with van der Waals surface area (Å²) in [5, 5.41) is 2.91. The molecule has 4 aliphatic rings. The Kier molecular flexibility index (Phi) is 6.55. The molecule has 2 aliphatic carbocycles. The maximum atomic E-state index is 13.0. The van der Waals surface area contributed by atoms with Gasteiger partial charge in [-0.25, -0.2) is 19.7 Å². The number of fused-ring (bicyclic) bond motifs is 1. The smallest absolute Gasteiger partial charge is 0.331 e. The predicted molar refractivity (Wildman–Crippen MR) is 155 cm³/mol. The van der Waals surface area contributed by atoms with Gasteiger partial charge in [-0.05, 0) is 42.7 Å². The lowest BCUT2D eigenvalue weighted by molar-refractivity contribution is -0.147. The number of ether oxygens (including phenoxy) is 1. The molecule has 0 bridgehead atoms. The monoisotopic (exact) mass is 586 g/mol. The molecule has 5 heterocycles. The van der Waals surface area contributed by atoms with Crippen molar-refractivity contribution in [3.8, 4) is 0 Å². The van der Waals surface area contributed by atoms with Crippen LogP contribution in [0, 0.1) is 11.8 Å². The molecule has 0 radical (unpaired) electrons. The van der Waals surface area contributed by atoms with Gasteiger partial charge in [-0.15, -0.1) is 0 Å². The van der Waals surface area contributed by atoms with Gasteiger partial charge in [0.15, 0.2) is 5.65 Å². The first kappa shape index (κ1) is 27.3. The van der Waals surface area contributed by atoms with Gasteiger partial charge in [0.05, 0.1) is 24.0 Å². The van der Waals surface area contributed by atoms with Crippen LogP contribution >= 0.6 is 0 Å². The van der Waals surface area contributed by atoms with Gasteiger partial charge in [0.1, 0.15) is 30.6 Å². The number of rotatable bonds is 8. The van der Waals surface area contributed by atoms with Gasteiger partial charge in [-0.1, -0.05) is 13.8 Å². The highest BCUT2D eigenvalue weighted by Crippen LogP contribution is 2.43. The Morgan fingerprint density at radius 1 is 1.12 bits per heavy atom. The number of imide groups is 1. The minimum atomic E-state index is -0.393. The van der Waals surface area contributed by atoms with E-state index in [2.05, 4.69) is 15.3 Å². The lowest BCUT2D eigenvalue weighted by Gasteiger charge is -2.24. The van der Waals surface area contributed by atoms with Gasteiger partial charge in [0, 0.05) is 44.3 Å². The Morgan fingerprint density at radius 2 is 1.91 bits per heavy atom. The van der Waals surface area contributed by atoms with E-state index < -0.39 is 6.10 Å². The second-order valence-electron chi connectivity index (χ2n) is 12.1. The molecule has 2 saturated heterocycles. The van der Waals surface area contributed by atoms with E-state index in [-0.39, 0.29) is 48.7 Å². The minimum absolute atomic E-state index is 0.000978. The fourth-order valence-corrected chi connectivity index (χ4v) is 6.07. The number of nitrogens with one attached hydrogen (secondary N) is 1. The van der Waals surface area contributed by atoms with Crippen molar-refractivity contribution in [2.24, 2.45) is 11.8 Å². The van der Waals surface area contributed by atoms with E-state index >= 15 is 0 Å². The second kappa shape index (κ2) is 10.3. The van der Waals surface area contributed by atoms with E-state index in [4.69, 9.17) is 9.72 Å². The summed E-state index contributed by atoms with van der Waals surface area (Å²) in [6.45, 7) is 4.15. The van der Waals surface area contributed by atoms with Gasteiger partial charge in [0.25, 0.3) is 0 Å². The van der Waals surface area contributed by atoms with E-state index in [1.54, 1.807) is 13.0 Å². The van der Waals surface area contributed by atoms with Crippen molar-refractivity contribution in [1.82, 2.24) is 24.3 Å². The van der Waals surface area contributed by atoms with Crippen LogP contribution in [0.1, 0.15) is 69.2 Å². The van der Waals surface area contributed by atoms with Crippen LogP contribution in [0.15, 0.2) is 30.9 Å². The Labute approximate surface area is 248 Å². The van der Waals surface area contributed by atoms with E-state index in [9.17, 15) is 19.2 Å². The molecule has 0 spiro atoms. The highest BCUT2D eigenvalue weighted by molar-refractivity contribution is 6.13. The molecule has 7 rings (SSSR count). The molecular weight excluding hydrogens is 552 g/mol. The molecule has 0 aromatic carbocycles. The number of aromatic nitrogens is 4. The van der Waals surface area contributed by atoms with E-state index in [1.165, 1.54) is 18.3 Å². The number of hydrogen-bond acceptors (Lipinski definition) is 9. The minimum Gasteiger partial charge on any atom is -0.460 e. The van der Waals surface area contributed by atoms with Crippen LogP contribution in [-0.4, -0.2) is 74.3 Å². The normalized spacial score (nSPS) is 25.1. The van der Waals surface area contributed by atoms with Crippen molar-refractivity contribution in [2.45, 2.75) is 64.0 Å². The summed E-state index contributed by atoms with van der Waals surface area (Å²) in [6, 6.07) is 3.02. The zero-order valence-corrected chi connectivity index (χ0v) is 24.4. The Bertz CT molecular complexity index is 1650. The number of amides is 4. The molecule has 13 nitrogen and oxygen atoms in total. The highest BCUT2D eigenvalue weighted by atomic mass is 16.5. The number of carbonyl (C=O) groups is 4. The lowest BCUT2D eigenvalue weighted by atomic mass is 10.1.